The number of carbonyl (C=O) groups is 1. The van der Waals surface area contributed by atoms with E-state index in [0.29, 0.717) is 17.2 Å². The lowest BCUT2D eigenvalue weighted by atomic mass is 9.91. The molecule has 294 valence electrons. The second kappa shape index (κ2) is 18.4. The highest BCUT2D eigenvalue weighted by Gasteiger charge is 2.26. The third-order valence-electron chi connectivity index (χ3n) is 11.3. The van der Waals surface area contributed by atoms with Crippen molar-refractivity contribution >= 4 is 41.1 Å². The summed E-state index contributed by atoms with van der Waals surface area (Å²) >= 11 is 0. The summed E-state index contributed by atoms with van der Waals surface area (Å²) in [6, 6.07) is 21.1. The minimum absolute atomic E-state index is 0.0467. The van der Waals surface area contributed by atoms with Gasteiger partial charge >= 0.3 is 12.1 Å². The van der Waals surface area contributed by atoms with Crippen LogP contribution in [-0.4, -0.2) is 66.3 Å². The van der Waals surface area contributed by atoms with Crippen molar-refractivity contribution in [3.05, 3.63) is 111 Å². The van der Waals surface area contributed by atoms with Gasteiger partial charge in [0.25, 0.3) is 0 Å². The SMILES string of the molecule is O=C=O.[C-]#[N+]c1cc(CN2CC[C@@H](CC)C2)cc2nc(-c3cccc(-c4cccc(/C=C/c5cc(OC)c(CN6CC[C@@H](OC(C)=O)C6)cc5C)c4C)c3C)oc12. The molecule has 1 aromatic heterocycles. The number of aryl methyl sites for hydroxylation is 1. The Morgan fingerprint density at radius 3 is 2.32 bits per heavy atom. The topological polar surface area (TPSA) is 107 Å². The molecule has 2 atom stereocenters. The number of hydrogen-bond acceptors (Lipinski definition) is 9. The van der Waals surface area contributed by atoms with Crippen molar-refractivity contribution in [1.82, 2.24) is 14.8 Å². The molecule has 0 aliphatic carbocycles. The summed E-state index contributed by atoms with van der Waals surface area (Å²) in [5, 5.41) is 0. The predicted octanol–water partition coefficient (Wildman–Crippen LogP) is 9.60. The van der Waals surface area contributed by atoms with Crippen LogP contribution in [0.5, 0.6) is 5.75 Å². The number of rotatable bonds is 11. The fraction of sp³-hybridized carbons (Fsp3) is 0.362. The number of methoxy groups -OCH3 is 1. The zero-order chi connectivity index (χ0) is 40.6. The van der Waals surface area contributed by atoms with Crippen LogP contribution in [0.4, 0.5) is 5.69 Å². The minimum Gasteiger partial charge on any atom is -0.496 e. The van der Waals surface area contributed by atoms with Crippen molar-refractivity contribution in [2.24, 2.45) is 5.92 Å². The lowest BCUT2D eigenvalue weighted by Crippen LogP contribution is -2.24. The van der Waals surface area contributed by atoms with Gasteiger partial charge in [0.2, 0.25) is 11.6 Å². The van der Waals surface area contributed by atoms with E-state index in [-0.39, 0.29) is 18.2 Å². The Bertz CT molecular complexity index is 2370. The molecular formula is C47H50N4O6. The van der Waals surface area contributed by atoms with Crippen LogP contribution in [0.15, 0.2) is 65.1 Å². The van der Waals surface area contributed by atoms with Crippen LogP contribution in [0.1, 0.15) is 72.1 Å². The van der Waals surface area contributed by atoms with E-state index >= 15 is 0 Å². The monoisotopic (exact) mass is 766 g/mol. The zero-order valence-corrected chi connectivity index (χ0v) is 33.7. The van der Waals surface area contributed by atoms with E-state index < -0.39 is 0 Å². The number of ether oxygens (including phenoxy) is 2. The Morgan fingerprint density at radius 1 is 0.930 bits per heavy atom. The van der Waals surface area contributed by atoms with Crippen molar-refractivity contribution in [1.29, 1.82) is 0 Å². The summed E-state index contributed by atoms with van der Waals surface area (Å²) in [4.78, 5) is 41.3. The number of benzene rings is 4. The molecule has 2 saturated heterocycles. The lowest BCUT2D eigenvalue weighted by molar-refractivity contribution is -0.191. The molecule has 2 fully saturated rings. The highest BCUT2D eigenvalue weighted by atomic mass is 16.5. The third kappa shape index (κ3) is 9.41. The maximum absolute atomic E-state index is 11.4. The number of esters is 1. The van der Waals surface area contributed by atoms with Gasteiger partial charge in [0.1, 0.15) is 11.9 Å². The average molecular weight is 767 g/mol. The molecule has 2 aliphatic heterocycles. The normalized spacial score (nSPS) is 17.0. The van der Waals surface area contributed by atoms with Crippen molar-refractivity contribution in [2.75, 3.05) is 33.3 Å². The van der Waals surface area contributed by atoms with Gasteiger partial charge in [-0.2, -0.15) is 9.59 Å². The molecule has 10 heteroatoms. The molecule has 0 unspecified atom stereocenters. The van der Waals surface area contributed by atoms with E-state index in [0.717, 1.165) is 107 Å². The first-order chi connectivity index (χ1) is 27.5. The van der Waals surface area contributed by atoms with Crippen LogP contribution in [-0.2, 0) is 32.2 Å². The maximum Gasteiger partial charge on any atom is 0.373 e. The summed E-state index contributed by atoms with van der Waals surface area (Å²) < 4.78 is 17.7. The molecule has 0 N–H and O–H groups in total. The van der Waals surface area contributed by atoms with Gasteiger partial charge in [0.15, 0.2) is 5.58 Å². The molecular weight excluding hydrogens is 717 g/mol. The van der Waals surface area contributed by atoms with Crippen molar-refractivity contribution < 1.29 is 28.3 Å². The van der Waals surface area contributed by atoms with Crippen molar-refractivity contribution in [2.45, 2.75) is 73.1 Å². The molecule has 3 heterocycles. The first-order valence-corrected chi connectivity index (χ1v) is 19.5. The molecule has 0 bridgehead atoms. The molecule has 0 radical (unpaired) electrons. The number of aromatic nitrogens is 1. The van der Waals surface area contributed by atoms with E-state index in [1.165, 1.54) is 30.9 Å². The summed E-state index contributed by atoms with van der Waals surface area (Å²) in [5.41, 5.74) is 12.9. The van der Waals surface area contributed by atoms with Crippen LogP contribution >= 0.6 is 0 Å². The molecule has 5 aromatic rings. The quantitative estimate of drug-likeness (QED) is 0.0738. The van der Waals surface area contributed by atoms with Gasteiger partial charge in [0, 0.05) is 50.8 Å². The van der Waals surface area contributed by atoms with Gasteiger partial charge in [-0.3, -0.25) is 14.6 Å². The third-order valence-corrected chi connectivity index (χ3v) is 11.3. The van der Waals surface area contributed by atoms with E-state index in [9.17, 15) is 4.79 Å². The van der Waals surface area contributed by atoms with E-state index in [4.69, 9.17) is 35.0 Å². The molecule has 0 amide bonds. The fourth-order valence-corrected chi connectivity index (χ4v) is 8.24. The molecule has 2 aliphatic rings. The van der Waals surface area contributed by atoms with Crippen LogP contribution in [0.3, 0.4) is 0 Å². The number of hydrogen-bond donors (Lipinski definition) is 0. The fourth-order valence-electron chi connectivity index (χ4n) is 8.24. The Labute approximate surface area is 334 Å². The molecule has 4 aromatic carbocycles. The Kier molecular flexibility index (Phi) is 13.2. The smallest absolute Gasteiger partial charge is 0.373 e. The van der Waals surface area contributed by atoms with Crippen molar-refractivity contribution in [3.8, 4) is 28.3 Å². The van der Waals surface area contributed by atoms with Gasteiger partial charge < -0.3 is 13.9 Å². The summed E-state index contributed by atoms with van der Waals surface area (Å²) in [5.74, 6) is 1.92. The Hall–Kier alpha value is -5.85. The Morgan fingerprint density at radius 2 is 1.61 bits per heavy atom. The van der Waals surface area contributed by atoms with Gasteiger partial charge in [-0.25, -0.2) is 9.83 Å². The minimum atomic E-state index is -0.223. The van der Waals surface area contributed by atoms with Crippen molar-refractivity contribution in [3.63, 3.8) is 0 Å². The second-order valence-electron chi connectivity index (χ2n) is 15.1. The van der Waals surface area contributed by atoms with Crippen LogP contribution in [0.25, 0.3) is 50.7 Å². The van der Waals surface area contributed by atoms with Crippen LogP contribution in [0, 0.1) is 33.3 Å². The van der Waals surface area contributed by atoms with Gasteiger partial charge in [-0.15, -0.1) is 0 Å². The van der Waals surface area contributed by atoms with E-state index in [1.54, 1.807) is 7.11 Å². The van der Waals surface area contributed by atoms with Gasteiger partial charge in [-0.05, 0) is 115 Å². The Balaban J connectivity index is 0.00000177. The van der Waals surface area contributed by atoms with Gasteiger partial charge in [0.05, 0.1) is 19.2 Å². The second-order valence-corrected chi connectivity index (χ2v) is 15.1. The average Bonchev–Trinajstić information content (AvgIpc) is 3.95. The zero-order valence-electron chi connectivity index (χ0n) is 33.7. The first-order valence-electron chi connectivity index (χ1n) is 19.5. The van der Waals surface area contributed by atoms with Crippen LogP contribution in [0.2, 0.25) is 0 Å². The molecule has 0 spiro atoms. The highest BCUT2D eigenvalue weighted by molar-refractivity contribution is 5.90. The number of likely N-dealkylation sites (tertiary alicyclic amines) is 2. The number of nitrogens with zero attached hydrogens (tertiary/aromatic N) is 4. The predicted molar refractivity (Wildman–Crippen MR) is 221 cm³/mol. The van der Waals surface area contributed by atoms with Crippen LogP contribution < -0.4 is 4.74 Å². The largest absolute Gasteiger partial charge is 0.496 e. The lowest BCUT2D eigenvalue weighted by Gasteiger charge is -2.19. The molecule has 0 saturated carbocycles. The van der Waals surface area contributed by atoms with Gasteiger partial charge in [-0.1, -0.05) is 61.9 Å². The highest BCUT2D eigenvalue weighted by Crippen LogP contribution is 2.38. The molecule has 7 rings (SSSR count). The maximum atomic E-state index is 11.4. The van der Waals surface area contributed by atoms with E-state index in [2.05, 4.69) is 109 Å². The standard InChI is InChI=1S/C46H50N4O4.CO2/c1-8-33-17-19-49(25-33)26-34-22-42(47-6)45-43(23-34)48-46(54-45)41-14-10-13-40(31(41)4)39-12-9-11-35(30(39)3)15-16-36-24-44(52-7)37(21-29(36)2)27-50-20-18-38(28-50)53-32(5)51;2-1-3/h9-16,21-24,33,38H,8,17-20,25-28H2,1-5,7H3;/b16-15+;/t33-,38-;/m1./s1. The summed E-state index contributed by atoms with van der Waals surface area (Å²) in [6.07, 6.45) is 7.85. The summed E-state index contributed by atoms with van der Waals surface area (Å²) in [7, 11) is 1.72. The first kappa shape index (κ1) is 40.8. The van der Waals surface area contributed by atoms with E-state index in [1.807, 2.05) is 6.07 Å². The summed E-state index contributed by atoms with van der Waals surface area (Å²) in [6.45, 7) is 23.5. The number of oxazole rings is 1. The molecule has 57 heavy (non-hydrogen) atoms. The molecule has 10 nitrogen and oxygen atoms in total. The number of carbonyl (C=O) groups excluding carboxylic acids is 3. The number of fused-ring (bicyclic) bond motifs is 1.